The largest absolute Gasteiger partial charge is 0.396 e. The molecule has 0 saturated heterocycles. The van der Waals surface area contributed by atoms with Crippen molar-refractivity contribution < 1.29 is 38.5 Å². The first-order valence-corrected chi connectivity index (χ1v) is 13.1. The van der Waals surface area contributed by atoms with Gasteiger partial charge in [-0.2, -0.15) is 0 Å². The standard InChI is InChI=1S/C19H42O8P2/c1-2-3-4-5-6-7-8-9-10-11-12-13-14-25-16-19(15-20,17-26-28(21)22)18-27-29(23)24/h20-24H,2-18H2,1H3. The van der Waals surface area contributed by atoms with E-state index >= 15 is 0 Å². The molecule has 0 aliphatic heterocycles. The molecule has 0 heterocycles. The zero-order valence-electron chi connectivity index (χ0n) is 17.9. The molecule has 10 heteroatoms. The Labute approximate surface area is 178 Å². The molecule has 0 amide bonds. The van der Waals surface area contributed by atoms with Crippen LogP contribution in [0, 0.1) is 5.41 Å². The molecule has 0 fully saturated rings. The average molecular weight is 460 g/mol. The molecule has 0 aromatic heterocycles. The summed E-state index contributed by atoms with van der Waals surface area (Å²) in [6, 6.07) is 0. The minimum Gasteiger partial charge on any atom is -0.396 e. The summed E-state index contributed by atoms with van der Waals surface area (Å²) < 4.78 is 15.2. The van der Waals surface area contributed by atoms with E-state index in [1.54, 1.807) is 0 Å². The van der Waals surface area contributed by atoms with Gasteiger partial charge in [0.2, 0.25) is 0 Å². The van der Waals surface area contributed by atoms with E-state index in [9.17, 15) is 5.11 Å². The van der Waals surface area contributed by atoms with Gasteiger partial charge in [0.25, 0.3) is 0 Å². The Morgan fingerprint density at radius 2 is 1.03 bits per heavy atom. The van der Waals surface area contributed by atoms with Crippen LogP contribution in [-0.4, -0.2) is 57.7 Å². The van der Waals surface area contributed by atoms with Crippen LogP contribution in [0.3, 0.4) is 0 Å². The molecule has 5 N–H and O–H groups in total. The normalized spacial score (nSPS) is 12.4. The molecule has 0 radical (unpaired) electrons. The van der Waals surface area contributed by atoms with Crippen molar-refractivity contribution in [2.45, 2.75) is 84.0 Å². The third-order valence-electron chi connectivity index (χ3n) is 4.86. The van der Waals surface area contributed by atoms with Gasteiger partial charge in [0.05, 0.1) is 31.8 Å². The number of unbranched alkanes of at least 4 members (excludes halogenated alkanes) is 11. The second-order valence-electron chi connectivity index (χ2n) is 7.65. The van der Waals surface area contributed by atoms with Crippen LogP contribution < -0.4 is 0 Å². The Balaban J connectivity index is 3.78. The van der Waals surface area contributed by atoms with Crippen molar-refractivity contribution in [1.29, 1.82) is 0 Å². The van der Waals surface area contributed by atoms with Crippen LogP contribution >= 0.6 is 17.2 Å². The first-order valence-electron chi connectivity index (χ1n) is 10.8. The van der Waals surface area contributed by atoms with Crippen LogP contribution in [0.5, 0.6) is 0 Å². The van der Waals surface area contributed by atoms with Crippen LogP contribution in [-0.2, 0) is 13.8 Å². The molecule has 29 heavy (non-hydrogen) atoms. The molecular weight excluding hydrogens is 418 g/mol. The number of aliphatic hydroxyl groups is 1. The fourth-order valence-corrected chi connectivity index (χ4v) is 3.76. The van der Waals surface area contributed by atoms with E-state index in [1.165, 1.54) is 64.2 Å². The smallest absolute Gasteiger partial charge is 0.327 e. The van der Waals surface area contributed by atoms with E-state index < -0.39 is 29.2 Å². The van der Waals surface area contributed by atoms with Crippen molar-refractivity contribution in [3.8, 4) is 0 Å². The highest BCUT2D eigenvalue weighted by Crippen LogP contribution is 2.33. The number of hydrogen-bond donors (Lipinski definition) is 5. The zero-order valence-corrected chi connectivity index (χ0v) is 19.7. The molecule has 176 valence electrons. The van der Waals surface area contributed by atoms with Crippen molar-refractivity contribution in [2.75, 3.05) is 33.0 Å². The molecule has 8 nitrogen and oxygen atoms in total. The maximum Gasteiger partial charge on any atom is 0.327 e. The quantitative estimate of drug-likeness (QED) is 0.120. The average Bonchev–Trinajstić information content (AvgIpc) is 2.69. The summed E-state index contributed by atoms with van der Waals surface area (Å²) in [6.45, 7) is 1.97. The van der Waals surface area contributed by atoms with Gasteiger partial charge >= 0.3 is 17.2 Å². The lowest BCUT2D eigenvalue weighted by molar-refractivity contribution is -0.0500. The van der Waals surface area contributed by atoms with Crippen molar-refractivity contribution in [2.24, 2.45) is 5.41 Å². The Kier molecular flexibility index (Phi) is 20.8. The van der Waals surface area contributed by atoms with Crippen LogP contribution in [0.15, 0.2) is 0 Å². The second kappa shape index (κ2) is 20.4. The minimum atomic E-state index is -2.58. The predicted molar refractivity (Wildman–Crippen MR) is 116 cm³/mol. The second-order valence-corrected chi connectivity index (χ2v) is 9.18. The van der Waals surface area contributed by atoms with Gasteiger partial charge in [0.15, 0.2) is 0 Å². The lowest BCUT2D eigenvalue weighted by Crippen LogP contribution is -2.40. The molecule has 0 aliphatic carbocycles. The Hall–Kier alpha value is 0.540. The number of ether oxygens (including phenoxy) is 1. The minimum absolute atomic E-state index is 0.0634. The van der Waals surface area contributed by atoms with Gasteiger partial charge in [-0.1, -0.05) is 77.6 Å². The summed E-state index contributed by atoms with van der Waals surface area (Å²) in [5.74, 6) is 0. The van der Waals surface area contributed by atoms with Gasteiger partial charge in [-0.25, -0.2) is 0 Å². The van der Waals surface area contributed by atoms with Crippen molar-refractivity contribution in [3.05, 3.63) is 0 Å². The third-order valence-corrected chi connectivity index (χ3v) is 5.58. The molecule has 0 bridgehead atoms. The van der Waals surface area contributed by atoms with Gasteiger partial charge in [-0.15, -0.1) is 0 Å². The fourth-order valence-electron chi connectivity index (χ4n) is 2.99. The van der Waals surface area contributed by atoms with E-state index in [-0.39, 0.29) is 19.8 Å². The van der Waals surface area contributed by atoms with Crippen molar-refractivity contribution >= 4 is 17.2 Å². The van der Waals surface area contributed by atoms with Gasteiger partial charge < -0.3 is 38.5 Å². The van der Waals surface area contributed by atoms with Gasteiger partial charge in [-0.3, -0.25) is 0 Å². The summed E-state index contributed by atoms with van der Waals surface area (Å²) in [5.41, 5.74) is -1.07. The molecule has 0 spiro atoms. The first kappa shape index (κ1) is 29.5. The SMILES string of the molecule is CCCCCCCCCCCCCCOCC(CO)(COP(O)O)COP(O)O. The van der Waals surface area contributed by atoms with Crippen LogP contribution in [0.4, 0.5) is 0 Å². The van der Waals surface area contributed by atoms with E-state index in [4.69, 9.17) is 33.4 Å². The first-order chi connectivity index (χ1) is 14.0. The van der Waals surface area contributed by atoms with Gasteiger partial charge in [-0.05, 0) is 6.42 Å². The molecule has 0 aromatic carbocycles. The van der Waals surface area contributed by atoms with Gasteiger partial charge in [0, 0.05) is 6.61 Å². The molecule has 0 unspecified atom stereocenters. The van der Waals surface area contributed by atoms with E-state index in [1.807, 2.05) is 0 Å². The fraction of sp³-hybridized carbons (Fsp3) is 1.00. The lowest BCUT2D eigenvalue weighted by atomic mass is 9.93. The molecule has 0 rings (SSSR count). The monoisotopic (exact) mass is 460 g/mol. The van der Waals surface area contributed by atoms with E-state index in [2.05, 4.69) is 6.92 Å². The van der Waals surface area contributed by atoms with Gasteiger partial charge in [0.1, 0.15) is 0 Å². The predicted octanol–water partition coefficient (Wildman–Crippen LogP) is 4.14. The maximum atomic E-state index is 9.65. The summed E-state index contributed by atoms with van der Waals surface area (Å²) >= 11 is 0. The number of rotatable bonds is 22. The molecule has 0 atom stereocenters. The topological polar surface area (TPSA) is 129 Å². The Morgan fingerprint density at radius 3 is 1.41 bits per heavy atom. The molecule has 0 saturated carbocycles. The highest BCUT2D eigenvalue weighted by atomic mass is 31.2. The Morgan fingerprint density at radius 1 is 0.621 bits per heavy atom. The molecular formula is C19H42O8P2. The number of aliphatic hydroxyl groups excluding tert-OH is 1. The zero-order chi connectivity index (χ0) is 21.8. The highest BCUT2D eigenvalue weighted by Gasteiger charge is 2.33. The summed E-state index contributed by atoms with van der Waals surface area (Å²) in [4.78, 5) is 35.7. The van der Waals surface area contributed by atoms with Crippen LogP contribution in [0.1, 0.15) is 84.0 Å². The van der Waals surface area contributed by atoms with Crippen molar-refractivity contribution in [3.63, 3.8) is 0 Å². The Bertz CT molecular complexity index is 336. The number of hydrogen-bond acceptors (Lipinski definition) is 8. The van der Waals surface area contributed by atoms with Crippen molar-refractivity contribution in [1.82, 2.24) is 0 Å². The highest BCUT2D eigenvalue weighted by molar-refractivity contribution is 7.39. The lowest BCUT2D eigenvalue weighted by Gasteiger charge is -2.31. The summed E-state index contributed by atoms with van der Waals surface area (Å²) in [6.07, 6.45) is 15.1. The summed E-state index contributed by atoms with van der Waals surface area (Å²) in [7, 11) is -5.15. The van der Waals surface area contributed by atoms with E-state index in [0.29, 0.717) is 6.61 Å². The van der Waals surface area contributed by atoms with Crippen LogP contribution in [0.2, 0.25) is 0 Å². The van der Waals surface area contributed by atoms with E-state index in [0.717, 1.165) is 12.8 Å². The third kappa shape index (κ3) is 19.0. The molecule has 0 aliphatic rings. The molecule has 0 aromatic rings. The summed E-state index contributed by atoms with van der Waals surface area (Å²) in [5, 5.41) is 9.65. The maximum absolute atomic E-state index is 9.65. The van der Waals surface area contributed by atoms with Crippen LogP contribution in [0.25, 0.3) is 0 Å².